The molecule has 0 bridgehead atoms. The van der Waals surface area contributed by atoms with Gasteiger partial charge in [-0.25, -0.2) is 4.79 Å². The summed E-state index contributed by atoms with van der Waals surface area (Å²) in [6, 6.07) is 13.2. The molecule has 19 heavy (non-hydrogen) atoms. The van der Waals surface area contributed by atoms with Gasteiger partial charge < -0.3 is 9.47 Å². The Morgan fingerprint density at radius 3 is 2.32 bits per heavy atom. The van der Waals surface area contributed by atoms with Crippen molar-refractivity contribution >= 4 is 21.9 Å². The minimum atomic E-state index is -0.374. The molecule has 0 fully saturated rings. The van der Waals surface area contributed by atoms with Crippen LogP contribution in [-0.4, -0.2) is 20.2 Å². The molecule has 0 aliphatic heterocycles. The zero-order chi connectivity index (χ0) is 13.8. The topological polar surface area (TPSA) is 35.5 Å². The molecular weight excluding hydrogens is 308 g/mol. The normalized spacial score (nSPS) is 10.1. The summed E-state index contributed by atoms with van der Waals surface area (Å²) in [6.45, 7) is 0. The lowest BCUT2D eigenvalue weighted by molar-refractivity contribution is 0.0600. The van der Waals surface area contributed by atoms with Crippen molar-refractivity contribution in [3.8, 4) is 16.9 Å². The lowest BCUT2D eigenvalue weighted by atomic mass is 10.0. The van der Waals surface area contributed by atoms with Crippen molar-refractivity contribution in [2.24, 2.45) is 0 Å². The van der Waals surface area contributed by atoms with Crippen LogP contribution in [0.4, 0.5) is 0 Å². The van der Waals surface area contributed by atoms with E-state index in [4.69, 9.17) is 9.47 Å². The van der Waals surface area contributed by atoms with Crippen LogP contribution in [0.25, 0.3) is 11.1 Å². The quantitative estimate of drug-likeness (QED) is 0.804. The summed E-state index contributed by atoms with van der Waals surface area (Å²) in [5.74, 6) is 0.269. The zero-order valence-corrected chi connectivity index (χ0v) is 12.2. The van der Waals surface area contributed by atoms with Gasteiger partial charge in [0.2, 0.25) is 0 Å². The van der Waals surface area contributed by atoms with Gasteiger partial charge in [0.1, 0.15) is 5.75 Å². The summed E-state index contributed by atoms with van der Waals surface area (Å²) in [5, 5.41) is 0. The first-order chi connectivity index (χ1) is 9.15. The van der Waals surface area contributed by atoms with Crippen LogP contribution >= 0.6 is 15.9 Å². The van der Waals surface area contributed by atoms with Gasteiger partial charge in [0.05, 0.1) is 19.8 Å². The van der Waals surface area contributed by atoms with Crippen LogP contribution in [0, 0.1) is 0 Å². The van der Waals surface area contributed by atoms with Gasteiger partial charge in [-0.15, -0.1) is 0 Å². The Morgan fingerprint density at radius 1 is 1.05 bits per heavy atom. The van der Waals surface area contributed by atoms with E-state index in [-0.39, 0.29) is 5.97 Å². The molecule has 0 aliphatic rings. The van der Waals surface area contributed by atoms with Gasteiger partial charge in [0, 0.05) is 10.0 Å². The highest BCUT2D eigenvalue weighted by Crippen LogP contribution is 2.31. The summed E-state index contributed by atoms with van der Waals surface area (Å²) >= 11 is 3.40. The third-order valence-corrected chi connectivity index (χ3v) is 3.31. The Labute approximate surface area is 120 Å². The fourth-order valence-corrected chi connectivity index (χ4v) is 2.07. The van der Waals surface area contributed by atoms with Gasteiger partial charge in [0.25, 0.3) is 0 Å². The van der Waals surface area contributed by atoms with Crippen molar-refractivity contribution in [1.29, 1.82) is 0 Å². The molecule has 0 aromatic heterocycles. The highest BCUT2D eigenvalue weighted by atomic mass is 79.9. The third kappa shape index (κ3) is 2.96. The highest BCUT2D eigenvalue weighted by molar-refractivity contribution is 9.10. The second kappa shape index (κ2) is 5.89. The molecule has 2 rings (SSSR count). The maximum Gasteiger partial charge on any atom is 0.337 e. The van der Waals surface area contributed by atoms with Crippen LogP contribution in [-0.2, 0) is 4.74 Å². The van der Waals surface area contributed by atoms with Crippen molar-refractivity contribution in [2.75, 3.05) is 14.2 Å². The number of rotatable bonds is 3. The van der Waals surface area contributed by atoms with Crippen molar-refractivity contribution in [3.63, 3.8) is 0 Å². The Kier molecular flexibility index (Phi) is 4.22. The minimum absolute atomic E-state index is 0.374. The van der Waals surface area contributed by atoms with Crippen molar-refractivity contribution in [1.82, 2.24) is 0 Å². The summed E-state index contributed by atoms with van der Waals surface area (Å²) in [4.78, 5) is 11.5. The van der Waals surface area contributed by atoms with E-state index in [1.165, 1.54) is 7.11 Å². The Bertz CT molecular complexity index is 591. The van der Waals surface area contributed by atoms with Gasteiger partial charge in [0.15, 0.2) is 0 Å². The van der Waals surface area contributed by atoms with Crippen LogP contribution in [0.1, 0.15) is 10.4 Å². The molecule has 98 valence electrons. The summed E-state index contributed by atoms with van der Waals surface area (Å²) in [7, 11) is 2.94. The molecule has 0 spiro atoms. The zero-order valence-electron chi connectivity index (χ0n) is 10.6. The maximum atomic E-state index is 11.5. The summed E-state index contributed by atoms with van der Waals surface area (Å²) < 4.78 is 11.1. The van der Waals surface area contributed by atoms with Gasteiger partial charge in [-0.1, -0.05) is 28.1 Å². The minimum Gasteiger partial charge on any atom is -0.496 e. The van der Waals surface area contributed by atoms with Crippen LogP contribution in [0.3, 0.4) is 0 Å². The van der Waals surface area contributed by atoms with Gasteiger partial charge in [-0.2, -0.15) is 0 Å². The molecule has 0 unspecified atom stereocenters. The molecule has 0 amide bonds. The third-order valence-electron chi connectivity index (χ3n) is 2.78. The SMILES string of the molecule is COC(=O)c1ccc(-c2ccc(Br)cc2)c(OC)c1. The number of hydrogen-bond donors (Lipinski definition) is 0. The number of ether oxygens (including phenoxy) is 2. The number of carbonyl (C=O) groups is 1. The molecule has 0 radical (unpaired) electrons. The first-order valence-corrected chi connectivity index (χ1v) is 6.47. The Hall–Kier alpha value is -1.81. The smallest absolute Gasteiger partial charge is 0.337 e. The van der Waals surface area contributed by atoms with Gasteiger partial charge in [-0.3, -0.25) is 0 Å². The number of hydrogen-bond acceptors (Lipinski definition) is 3. The molecule has 2 aromatic rings. The summed E-state index contributed by atoms with van der Waals surface area (Å²) in [6.07, 6.45) is 0. The largest absolute Gasteiger partial charge is 0.496 e. The standard InChI is InChI=1S/C15H13BrO3/c1-18-14-9-11(15(17)19-2)5-8-13(14)10-3-6-12(16)7-4-10/h3-9H,1-2H3. The molecule has 0 aliphatic carbocycles. The van der Waals surface area contributed by atoms with E-state index >= 15 is 0 Å². The number of carbonyl (C=O) groups excluding carboxylic acids is 1. The van der Waals surface area contributed by atoms with Gasteiger partial charge in [-0.05, 0) is 35.9 Å². The first-order valence-electron chi connectivity index (χ1n) is 5.68. The highest BCUT2D eigenvalue weighted by Gasteiger charge is 2.11. The first kappa shape index (κ1) is 13.6. The molecule has 0 atom stereocenters. The molecule has 0 heterocycles. The lowest BCUT2D eigenvalue weighted by Gasteiger charge is -2.10. The average molecular weight is 321 g/mol. The van der Waals surface area contributed by atoms with E-state index in [1.54, 1.807) is 19.2 Å². The number of esters is 1. The molecule has 2 aromatic carbocycles. The van der Waals surface area contributed by atoms with Crippen LogP contribution in [0.5, 0.6) is 5.75 Å². The molecule has 4 heteroatoms. The number of benzene rings is 2. The van der Waals surface area contributed by atoms with E-state index in [9.17, 15) is 4.79 Å². The molecular formula is C15H13BrO3. The van der Waals surface area contributed by atoms with Crippen molar-refractivity contribution in [2.45, 2.75) is 0 Å². The molecule has 0 saturated heterocycles. The van der Waals surface area contributed by atoms with Crippen molar-refractivity contribution < 1.29 is 14.3 Å². The molecule has 0 N–H and O–H groups in total. The molecule has 0 saturated carbocycles. The molecule has 3 nitrogen and oxygen atoms in total. The van der Waals surface area contributed by atoms with Crippen LogP contribution in [0.2, 0.25) is 0 Å². The predicted molar refractivity (Wildman–Crippen MR) is 77.5 cm³/mol. The number of methoxy groups -OCH3 is 2. The van der Waals surface area contributed by atoms with E-state index in [0.29, 0.717) is 11.3 Å². The van der Waals surface area contributed by atoms with Gasteiger partial charge >= 0.3 is 5.97 Å². The lowest BCUT2D eigenvalue weighted by Crippen LogP contribution is -2.01. The van der Waals surface area contributed by atoms with Crippen LogP contribution in [0.15, 0.2) is 46.9 Å². The monoisotopic (exact) mass is 320 g/mol. The fourth-order valence-electron chi connectivity index (χ4n) is 1.80. The fraction of sp³-hybridized carbons (Fsp3) is 0.133. The van der Waals surface area contributed by atoms with E-state index in [1.807, 2.05) is 30.3 Å². The second-order valence-corrected chi connectivity index (χ2v) is 4.83. The Balaban J connectivity index is 2.46. The number of halogens is 1. The second-order valence-electron chi connectivity index (χ2n) is 3.91. The Morgan fingerprint density at radius 2 is 1.74 bits per heavy atom. The van der Waals surface area contributed by atoms with E-state index in [2.05, 4.69) is 15.9 Å². The maximum absolute atomic E-state index is 11.5. The average Bonchev–Trinajstić information content (AvgIpc) is 2.46. The van der Waals surface area contributed by atoms with E-state index in [0.717, 1.165) is 15.6 Å². The van der Waals surface area contributed by atoms with Crippen LogP contribution < -0.4 is 4.74 Å². The van der Waals surface area contributed by atoms with Crippen molar-refractivity contribution in [3.05, 3.63) is 52.5 Å². The predicted octanol–water partition coefficient (Wildman–Crippen LogP) is 3.91. The summed E-state index contributed by atoms with van der Waals surface area (Å²) in [5.41, 5.74) is 2.43. The van der Waals surface area contributed by atoms with E-state index < -0.39 is 0 Å².